The van der Waals surface area contributed by atoms with E-state index in [1.54, 1.807) is 0 Å². The van der Waals surface area contributed by atoms with E-state index in [9.17, 15) is 23.5 Å². The van der Waals surface area contributed by atoms with Gasteiger partial charge in [-0.25, -0.2) is 4.39 Å². The Balaban J connectivity index is 1.45. The van der Waals surface area contributed by atoms with Crippen LogP contribution in [0, 0.1) is 23.5 Å². The SMILES string of the molecule is O=C(N[C@@H]1CCN(CC2CC2)C[C@H]1C(=O)O)c1noc(-c2ccc(F)cc2)c1F. The van der Waals surface area contributed by atoms with Crippen molar-refractivity contribution in [1.82, 2.24) is 15.4 Å². The number of aromatic nitrogens is 1. The molecule has 0 spiro atoms. The molecule has 1 aliphatic carbocycles. The first-order chi connectivity index (χ1) is 13.9. The number of carboxylic acids is 1. The number of nitrogens with zero attached hydrogens (tertiary/aromatic N) is 2. The number of hydrogen-bond acceptors (Lipinski definition) is 5. The van der Waals surface area contributed by atoms with Crippen LogP contribution in [-0.4, -0.2) is 52.7 Å². The molecule has 1 aromatic heterocycles. The average molecular weight is 405 g/mol. The smallest absolute Gasteiger partial charge is 0.309 e. The Morgan fingerprint density at radius 1 is 1.21 bits per heavy atom. The van der Waals surface area contributed by atoms with Crippen LogP contribution in [0.3, 0.4) is 0 Å². The van der Waals surface area contributed by atoms with Crippen molar-refractivity contribution in [2.45, 2.75) is 25.3 Å². The van der Waals surface area contributed by atoms with E-state index in [2.05, 4.69) is 15.4 Å². The van der Waals surface area contributed by atoms with Gasteiger partial charge in [0.1, 0.15) is 5.82 Å². The Morgan fingerprint density at radius 2 is 1.93 bits per heavy atom. The Bertz CT molecular complexity index is 911. The normalized spacial score (nSPS) is 22.4. The summed E-state index contributed by atoms with van der Waals surface area (Å²) in [5, 5.41) is 15.7. The quantitative estimate of drug-likeness (QED) is 0.767. The molecule has 154 valence electrons. The Morgan fingerprint density at radius 3 is 2.59 bits per heavy atom. The van der Waals surface area contributed by atoms with Gasteiger partial charge in [0.25, 0.3) is 5.91 Å². The van der Waals surface area contributed by atoms with Gasteiger partial charge in [0.2, 0.25) is 17.3 Å². The van der Waals surface area contributed by atoms with Gasteiger partial charge in [-0.05, 0) is 49.4 Å². The number of carboxylic acid groups (broad SMARTS) is 1. The number of aliphatic carboxylic acids is 1. The number of rotatable bonds is 6. The fraction of sp³-hybridized carbons (Fsp3) is 0.450. The molecule has 0 bridgehead atoms. The summed E-state index contributed by atoms with van der Waals surface area (Å²) in [6, 6.07) is 4.29. The fourth-order valence-electron chi connectivity index (χ4n) is 3.71. The number of carbonyl (C=O) groups is 2. The molecule has 2 aromatic rings. The molecule has 2 fully saturated rings. The molecule has 2 atom stereocenters. The molecular weight excluding hydrogens is 384 g/mol. The first-order valence-corrected chi connectivity index (χ1v) is 9.59. The molecule has 4 rings (SSSR count). The lowest BCUT2D eigenvalue weighted by Gasteiger charge is -2.36. The van der Waals surface area contributed by atoms with Crippen LogP contribution < -0.4 is 5.32 Å². The van der Waals surface area contributed by atoms with Crippen molar-refractivity contribution in [1.29, 1.82) is 0 Å². The zero-order valence-corrected chi connectivity index (χ0v) is 15.6. The predicted molar refractivity (Wildman–Crippen MR) is 98.0 cm³/mol. The maximum Gasteiger partial charge on any atom is 0.309 e. The minimum Gasteiger partial charge on any atom is -0.481 e. The lowest BCUT2D eigenvalue weighted by Crippen LogP contribution is -2.54. The summed E-state index contributed by atoms with van der Waals surface area (Å²) in [6.07, 6.45) is 2.81. The van der Waals surface area contributed by atoms with Crippen LogP contribution in [0.15, 0.2) is 28.8 Å². The summed E-state index contributed by atoms with van der Waals surface area (Å²) in [6.45, 7) is 1.90. The Hall–Kier alpha value is -2.81. The highest BCUT2D eigenvalue weighted by Gasteiger charge is 2.38. The summed E-state index contributed by atoms with van der Waals surface area (Å²) < 4.78 is 32.6. The Kier molecular flexibility index (Phi) is 5.31. The summed E-state index contributed by atoms with van der Waals surface area (Å²) in [7, 11) is 0. The lowest BCUT2D eigenvalue weighted by molar-refractivity contribution is -0.144. The molecule has 1 saturated heterocycles. The molecule has 2 N–H and O–H groups in total. The van der Waals surface area contributed by atoms with Crippen LogP contribution in [0.4, 0.5) is 8.78 Å². The lowest BCUT2D eigenvalue weighted by atomic mass is 9.91. The molecule has 2 heterocycles. The van der Waals surface area contributed by atoms with Crippen molar-refractivity contribution in [3.8, 4) is 11.3 Å². The van der Waals surface area contributed by atoms with Gasteiger partial charge >= 0.3 is 5.97 Å². The average Bonchev–Trinajstić information content (AvgIpc) is 3.42. The first kappa shape index (κ1) is 19.5. The van der Waals surface area contributed by atoms with E-state index < -0.39 is 41.2 Å². The highest BCUT2D eigenvalue weighted by molar-refractivity contribution is 5.94. The van der Waals surface area contributed by atoms with Crippen molar-refractivity contribution >= 4 is 11.9 Å². The maximum atomic E-state index is 14.7. The molecule has 9 heteroatoms. The highest BCUT2D eigenvalue weighted by Crippen LogP contribution is 2.31. The number of benzene rings is 1. The minimum atomic E-state index is -0.997. The van der Waals surface area contributed by atoms with Crippen LogP contribution in [0.5, 0.6) is 0 Å². The summed E-state index contributed by atoms with van der Waals surface area (Å²) in [5.41, 5.74) is -0.305. The van der Waals surface area contributed by atoms with Crippen LogP contribution in [0.2, 0.25) is 0 Å². The largest absolute Gasteiger partial charge is 0.481 e. The highest BCUT2D eigenvalue weighted by atomic mass is 19.1. The third-order valence-corrected chi connectivity index (χ3v) is 5.50. The van der Waals surface area contributed by atoms with E-state index in [0.29, 0.717) is 25.4 Å². The number of carbonyl (C=O) groups excluding carboxylic acids is 1. The van der Waals surface area contributed by atoms with Gasteiger partial charge in [-0.3, -0.25) is 9.59 Å². The summed E-state index contributed by atoms with van der Waals surface area (Å²) >= 11 is 0. The van der Waals surface area contributed by atoms with E-state index in [-0.39, 0.29) is 11.3 Å². The molecule has 1 aromatic carbocycles. The number of amides is 1. The standard InChI is InChI=1S/C20H21F2N3O4/c21-13-5-3-12(4-6-13)18-16(22)17(24-29-18)19(26)23-15-7-8-25(9-11-1-2-11)10-14(15)20(27)28/h3-6,11,14-15H,1-2,7-10H2,(H,23,26)(H,27,28)/t14-,15-/m1/s1. The fourth-order valence-corrected chi connectivity index (χ4v) is 3.71. The third kappa shape index (κ3) is 4.29. The molecule has 1 aliphatic heterocycles. The monoisotopic (exact) mass is 405 g/mol. The van der Waals surface area contributed by atoms with E-state index in [0.717, 1.165) is 18.7 Å². The van der Waals surface area contributed by atoms with Gasteiger partial charge in [-0.15, -0.1) is 0 Å². The van der Waals surface area contributed by atoms with Crippen LogP contribution >= 0.6 is 0 Å². The minimum absolute atomic E-state index is 0.243. The zero-order valence-electron chi connectivity index (χ0n) is 15.6. The van der Waals surface area contributed by atoms with E-state index in [1.165, 1.54) is 25.0 Å². The molecule has 29 heavy (non-hydrogen) atoms. The predicted octanol–water partition coefficient (Wildman–Crippen LogP) is 2.53. The van der Waals surface area contributed by atoms with Crippen molar-refractivity contribution in [3.63, 3.8) is 0 Å². The molecular formula is C20H21F2N3O4. The number of halogens is 2. The molecule has 2 aliphatic rings. The van der Waals surface area contributed by atoms with Crippen molar-refractivity contribution in [3.05, 3.63) is 41.6 Å². The number of nitrogens with one attached hydrogen (secondary N) is 1. The van der Waals surface area contributed by atoms with Gasteiger partial charge < -0.3 is 19.8 Å². The van der Waals surface area contributed by atoms with Crippen molar-refractivity contribution in [2.75, 3.05) is 19.6 Å². The van der Waals surface area contributed by atoms with Crippen molar-refractivity contribution < 1.29 is 28.0 Å². The van der Waals surface area contributed by atoms with E-state index in [4.69, 9.17) is 4.52 Å². The van der Waals surface area contributed by atoms with Crippen LogP contribution in [-0.2, 0) is 4.79 Å². The molecule has 0 unspecified atom stereocenters. The third-order valence-electron chi connectivity index (χ3n) is 5.50. The van der Waals surface area contributed by atoms with E-state index >= 15 is 0 Å². The summed E-state index contributed by atoms with van der Waals surface area (Å²) in [5.74, 6) is -3.69. The molecule has 1 saturated carbocycles. The number of likely N-dealkylation sites (tertiary alicyclic amines) is 1. The van der Waals surface area contributed by atoms with Gasteiger partial charge in [-0.1, -0.05) is 5.16 Å². The van der Waals surface area contributed by atoms with Crippen LogP contribution in [0.25, 0.3) is 11.3 Å². The van der Waals surface area contributed by atoms with Gasteiger partial charge in [-0.2, -0.15) is 4.39 Å². The van der Waals surface area contributed by atoms with Gasteiger partial charge in [0, 0.05) is 31.2 Å². The first-order valence-electron chi connectivity index (χ1n) is 9.59. The Labute approximate surface area is 165 Å². The second-order valence-electron chi connectivity index (χ2n) is 7.70. The number of hydrogen-bond donors (Lipinski definition) is 2. The maximum absolute atomic E-state index is 14.7. The molecule has 7 nitrogen and oxygen atoms in total. The second-order valence-corrected chi connectivity index (χ2v) is 7.70. The summed E-state index contributed by atoms with van der Waals surface area (Å²) in [4.78, 5) is 26.3. The molecule has 0 radical (unpaired) electrons. The second kappa shape index (κ2) is 7.90. The topological polar surface area (TPSA) is 95.7 Å². The van der Waals surface area contributed by atoms with Gasteiger partial charge in [0.05, 0.1) is 5.92 Å². The van der Waals surface area contributed by atoms with Crippen LogP contribution in [0.1, 0.15) is 29.8 Å². The van der Waals surface area contributed by atoms with Crippen molar-refractivity contribution in [2.24, 2.45) is 11.8 Å². The number of piperidine rings is 1. The van der Waals surface area contributed by atoms with Gasteiger partial charge in [0.15, 0.2) is 0 Å². The zero-order chi connectivity index (χ0) is 20.5. The van der Waals surface area contributed by atoms with E-state index in [1.807, 2.05) is 0 Å². The molecule has 1 amide bonds.